The Balaban J connectivity index is 2.92. The summed E-state index contributed by atoms with van der Waals surface area (Å²) in [7, 11) is 0.130. The predicted octanol–water partition coefficient (Wildman–Crippen LogP) is 0.898. The van der Waals surface area contributed by atoms with Crippen molar-refractivity contribution < 1.29 is 9.13 Å². The molecule has 1 aromatic rings. The second-order valence-electron chi connectivity index (χ2n) is 3.47. The van der Waals surface area contributed by atoms with E-state index in [2.05, 4.69) is 0 Å². The quantitative estimate of drug-likeness (QED) is 0.605. The molecule has 0 amide bonds. The van der Waals surface area contributed by atoms with E-state index in [-0.39, 0.29) is 10.6 Å². The highest BCUT2D eigenvalue weighted by atomic mass is 32.2. The molecule has 1 aromatic carbocycles. The summed E-state index contributed by atoms with van der Waals surface area (Å²) in [6.45, 7) is 1.04. The van der Waals surface area contributed by atoms with E-state index in [1.165, 1.54) is 12.1 Å². The van der Waals surface area contributed by atoms with E-state index in [1.54, 1.807) is 23.5 Å². The molecule has 0 saturated heterocycles. The molecule has 0 fully saturated rings. The summed E-state index contributed by atoms with van der Waals surface area (Å²) in [6, 6.07) is 6.05. The third-order valence-corrected chi connectivity index (χ3v) is 3.68. The minimum Gasteiger partial charge on any atom is -0.330 e. The van der Waals surface area contributed by atoms with Gasteiger partial charge in [-0.3, -0.25) is 10.1 Å². The summed E-state index contributed by atoms with van der Waals surface area (Å²) < 4.78 is 13.6. The molecule has 0 aliphatic rings. The van der Waals surface area contributed by atoms with Crippen LogP contribution < -0.4 is 5.73 Å². The zero-order valence-corrected chi connectivity index (χ0v) is 10.4. The van der Waals surface area contributed by atoms with Crippen molar-refractivity contribution in [2.24, 2.45) is 5.73 Å². The average Bonchev–Trinajstić information content (AvgIpc) is 2.34. The fraction of sp³-hybridized carbons (Fsp3) is 0.400. The molecular weight excluding hydrogens is 242 g/mol. The summed E-state index contributed by atoms with van der Waals surface area (Å²) >= 11 is 0. The van der Waals surface area contributed by atoms with Gasteiger partial charge in [-0.15, -0.1) is 0 Å². The maximum absolute atomic E-state index is 12.1. The highest BCUT2D eigenvalue weighted by Crippen LogP contribution is 2.22. The molecule has 2 N–H and O–H groups in total. The Labute approximate surface area is 102 Å². The number of benzene rings is 1. The van der Waals surface area contributed by atoms with Gasteiger partial charge < -0.3 is 5.73 Å². The molecule has 0 heterocycles. The van der Waals surface area contributed by atoms with E-state index in [9.17, 15) is 14.3 Å². The Kier molecular flexibility index (Phi) is 5.20. The number of hydrogen-bond donors (Lipinski definition) is 1. The highest BCUT2D eigenvalue weighted by molar-refractivity contribution is 7.82. The van der Waals surface area contributed by atoms with Crippen LogP contribution >= 0.6 is 0 Å². The van der Waals surface area contributed by atoms with E-state index in [0.717, 1.165) is 0 Å². The number of nitrogens with two attached hydrogens (primary N) is 1. The van der Waals surface area contributed by atoms with E-state index < -0.39 is 15.9 Å². The van der Waals surface area contributed by atoms with Crippen molar-refractivity contribution in [1.29, 1.82) is 0 Å². The lowest BCUT2D eigenvalue weighted by atomic mass is 10.3. The van der Waals surface area contributed by atoms with Gasteiger partial charge in [-0.25, -0.2) is 8.51 Å². The van der Waals surface area contributed by atoms with Gasteiger partial charge in [0.2, 0.25) is 0 Å². The van der Waals surface area contributed by atoms with Gasteiger partial charge in [-0.1, -0.05) is 12.1 Å². The summed E-state index contributed by atoms with van der Waals surface area (Å²) in [4.78, 5) is 10.5. The molecule has 1 unspecified atom stereocenters. The van der Waals surface area contributed by atoms with Crippen molar-refractivity contribution in [3.05, 3.63) is 34.4 Å². The fourth-order valence-electron chi connectivity index (χ4n) is 1.32. The Morgan fingerprint density at radius 1 is 1.47 bits per heavy atom. The Morgan fingerprint density at radius 3 is 2.71 bits per heavy atom. The number of hydrogen-bond acceptors (Lipinski definition) is 4. The Hall–Kier alpha value is -1.31. The molecule has 0 aliphatic heterocycles. The first kappa shape index (κ1) is 13.8. The molecule has 0 saturated carbocycles. The van der Waals surface area contributed by atoms with Crippen LogP contribution in [0.3, 0.4) is 0 Å². The Bertz CT molecular complexity index is 425. The normalized spacial score (nSPS) is 12.6. The second-order valence-corrected chi connectivity index (χ2v) is 5.03. The van der Waals surface area contributed by atoms with Crippen LogP contribution in [0.2, 0.25) is 0 Å². The molecule has 0 bridgehead atoms. The lowest BCUT2D eigenvalue weighted by Crippen LogP contribution is -2.24. The van der Waals surface area contributed by atoms with Crippen LogP contribution in [0.25, 0.3) is 0 Å². The van der Waals surface area contributed by atoms with Crippen LogP contribution in [0.1, 0.15) is 6.42 Å². The maximum atomic E-state index is 12.1. The molecule has 17 heavy (non-hydrogen) atoms. The second kappa shape index (κ2) is 6.43. The van der Waals surface area contributed by atoms with Crippen molar-refractivity contribution in [2.75, 3.05) is 20.1 Å². The van der Waals surface area contributed by atoms with Crippen LogP contribution in [-0.2, 0) is 11.0 Å². The standard InChI is InChI=1S/C10H15N3O3S/c1-12(8-4-7-11)17(16)10-6-3-2-5-9(10)13(14)15/h2-3,5-6H,4,7-8,11H2,1H3. The van der Waals surface area contributed by atoms with Crippen molar-refractivity contribution in [2.45, 2.75) is 11.3 Å². The first-order valence-corrected chi connectivity index (χ1v) is 6.25. The van der Waals surface area contributed by atoms with Gasteiger partial charge >= 0.3 is 0 Å². The fourth-order valence-corrected chi connectivity index (χ4v) is 2.47. The van der Waals surface area contributed by atoms with Crippen LogP contribution in [0.15, 0.2) is 29.2 Å². The molecule has 94 valence electrons. The first-order chi connectivity index (χ1) is 8.07. The molecule has 1 atom stereocenters. The van der Waals surface area contributed by atoms with Gasteiger partial charge in [0.1, 0.15) is 15.9 Å². The van der Waals surface area contributed by atoms with Crippen molar-refractivity contribution in [3.63, 3.8) is 0 Å². The lowest BCUT2D eigenvalue weighted by molar-refractivity contribution is -0.387. The third-order valence-electron chi connectivity index (χ3n) is 2.21. The SMILES string of the molecule is CN(CCCN)S(=O)c1ccccc1[N+](=O)[O-]. The molecule has 7 heteroatoms. The number of rotatable bonds is 6. The monoisotopic (exact) mass is 257 g/mol. The summed E-state index contributed by atoms with van der Waals surface area (Å²) in [5, 5.41) is 10.8. The molecule has 6 nitrogen and oxygen atoms in total. The molecular formula is C10H15N3O3S. The smallest absolute Gasteiger partial charge is 0.286 e. The van der Waals surface area contributed by atoms with Gasteiger partial charge in [-0.05, 0) is 19.0 Å². The van der Waals surface area contributed by atoms with E-state index in [4.69, 9.17) is 5.73 Å². The minimum absolute atomic E-state index is 0.120. The van der Waals surface area contributed by atoms with E-state index >= 15 is 0 Å². The number of nitrogens with zero attached hydrogens (tertiary/aromatic N) is 2. The van der Waals surface area contributed by atoms with Crippen molar-refractivity contribution in [1.82, 2.24) is 4.31 Å². The number of nitro groups is 1. The van der Waals surface area contributed by atoms with Crippen LogP contribution in [0.5, 0.6) is 0 Å². The summed E-state index contributed by atoms with van der Waals surface area (Å²) in [6.07, 6.45) is 0.697. The molecule has 0 aromatic heterocycles. The zero-order chi connectivity index (χ0) is 12.8. The van der Waals surface area contributed by atoms with Crippen LogP contribution in [0, 0.1) is 10.1 Å². The topological polar surface area (TPSA) is 89.5 Å². The third kappa shape index (κ3) is 3.58. The summed E-state index contributed by atoms with van der Waals surface area (Å²) in [5.74, 6) is 0. The molecule has 0 radical (unpaired) electrons. The largest absolute Gasteiger partial charge is 0.330 e. The van der Waals surface area contributed by atoms with Gasteiger partial charge in [0, 0.05) is 19.7 Å². The van der Waals surface area contributed by atoms with Crippen LogP contribution in [0.4, 0.5) is 5.69 Å². The lowest BCUT2D eigenvalue weighted by Gasteiger charge is -2.14. The summed E-state index contributed by atoms with van der Waals surface area (Å²) in [5.41, 5.74) is 5.24. The minimum atomic E-state index is -1.53. The number of nitro benzene ring substituents is 1. The molecule has 0 aliphatic carbocycles. The van der Waals surface area contributed by atoms with E-state index in [1.807, 2.05) is 0 Å². The van der Waals surface area contributed by atoms with Gasteiger partial charge in [0.15, 0.2) is 0 Å². The van der Waals surface area contributed by atoms with Gasteiger partial charge in [-0.2, -0.15) is 0 Å². The van der Waals surface area contributed by atoms with Gasteiger partial charge in [0.05, 0.1) is 4.92 Å². The molecule has 0 spiro atoms. The molecule has 1 rings (SSSR count). The van der Waals surface area contributed by atoms with Gasteiger partial charge in [0.25, 0.3) is 5.69 Å². The Morgan fingerprint density at radius 2 is 2.12 bits per heavy atom. The van der Waals surface area contributed by atoms with Crippen molar-refractivity contribution in [3.8, 4) is 0 Å². The first-order valence-electron chi connectivity index (χ1n) is 5.14. The van der Waals surface area contributed by atoms with E-state index in [0.29, 0.717) is 19.5 Å². The maximum Gasteiger partial charge on any atom is 0.286 e. The predicted molar refractivity (Wildman–Crippen MR) is 65.8 cm³/mol. The number of para-hydroxylation sites is 1. The zero-order valence-electron chi connectivity index (χ0n) is 9.54. The highest BCUT2D eigenvalue weighted by Gasteiger charge is 2.20. The average molecular weight is 257 g/mol. The van der Waals surface area contributed by atoms with Crippen molar-refractivity contribution >= 4 is 16.7 Å². The van der Waals surface area contributed by atoms with Crippen LogP contribution in [-0.4, -0.2) is 33.6 Å².